The van der Waals surface area contributed by atoms with E-state index < -0.39 is 143 Å². The summed E-state index contributed by atoms with van der Waals surface area (Å²) < 4.78 is 199. The van der Waals surface area contributed by atoms with Crippen molar-refractivity contribution in [1.82, 2.24) is 29.9 Å². The molecule has 378 valence electrons. The van der Waals surface area contributed by atoms with Crippen LogP contribution in [0.15, 0.2) is 42.5 Å². The van der Waals surface area contributed by atoms with Gasteiger partial charge in [-0.05, 0) is 88.1 Å². The van der Waals surface area contributed by atoms with Crippen LogP contribution in [0.25, 0.3) is 22.0 Å². The van der Waals surface area contributed by atoms with Gasteiger partial charge in [-0.2, -0.15) is 49.6 Å². The van der Waals surface area contributed by atoms with Crippen molar-refractivity contribution in [3.63, 3.8) is 0 Å². The van der Waals surface area contributed by atoms with Crippen LogP contribution in [-0.4, -0.2) is 76.6 Å². The molecule has 2 fully saturated rings. The van der Waals surface area contributed by atoms with Crippen molar-refractivity contribution in [2.75, 3.05) is 16.8 Å². The van der Waals surface area contributed by atoms with Gasteiger partial charge in [0.25, 0.3) is 5.92 Å². The number of nitrogens with one attached hydrogen (secondary N) is 1. The Morgan fingerprint density at radius 3 is 2.14 bits per heavy atom. The Morgan fingerprint density at radius 1 is 0.929 bits per heavy atom. The molecule has 1 N–H and O–H groups in total. The number of hydrogen-bond acceptors (Lipinski definition) is 9. The molecule has 13 nitrogen and oxygen atoms in total. The Kier molecular flexibility index (Phi) is 12.8. The molecule has 26 heteroatoms. The highest BCUT2D eigenvalue weighted by Crippen LogP contribution is 2.68. The van der Waals surface area contributed by atoms with Crippen LogP contribution in [0.4, 0.5) is 49.7 Å². The van der Waals surface area contributed by atoms with Crippen molar-refractivity contribution in [2.45, 2.75) is 107 Å². The van der Waals surface area contributed by atoms with E-state index >= 15 is 8.78 Å². The fourth-order valence-corrected chi connectivity index (χ4v) is 10.7. The Hall–Kier alpha value is -5.30. The Bertz CT molecular complexity index is 3170. The molecular weight excluding hydrogens is 1010 g/mol. The summed E-state index contributed by atoms with van der Waals surface area (Å²) in [6.07, 6.45) is -8.60. The summed E-state index contributed by atoms with van der Waals surface area (Å²) in [6.45, 7) is -0.289. The highest BCUT2D eigenvalue weighted by Gasteiger charge is 2.68. The molecule has 3 aliphatic carbocycles. The zero-order valence-corrected chi connectivity index (χ0v) is 39.7. The van der Waals surface area contributed by atoms with Crippen LogP contribution < -0.4 is 9.62 Å². The minimum absolute atomic E-state index is 0.0859. The maximum Gasteiger partial charge on any atom is 0.435 e. The van der Waals surface area contributed by atoms with Crippen molar-refractivity contribution in [3.05, 3.63) is 93.0 Å². The number of carbonyl (C=O) groups excluding carboxylic acids is 2. The first-order valence-corrected chi connectivity index (χ1v) is 25.7. The first kappa shape index (κ1) is 51.1. The summed E-state index contributed by atoms with van der Waals surface area (Å²) in [5, 5.41) is 9.10. The van der Waals surface area contributed by atoms with Gasteiger partial charge >= 0.3 is 12.4 Å². The molecule has 3 aliphatic rings. The molecule has 3 aromatic heterocycles. The monoisotopic (exact) mass is 1050 g/mol. The largest absolute Gasteiger partial charge is 0.435 e. The first-order chi connectivity index (χ1) is 32.3. The number of aromatic nitrogens is 5. The standard InChI is InChI=1S/C44H42ClF10N7O6S2/c1-41(2,69(3,65)66)13-12-25-8-9-26(27-10-11-30(45)34-36(27)61(20-42(48,49)50)59-39(34)62(70(4,67)68)40(64)22-6-5-7-22)35(56-25)31(16-21-14-23(46)17-24(47)15-21)57-32(63)19-60-38-33(37(58-60)44(53,54)55)28-18-29(28)43(38,51)52/h8-11,14-15,17,22,28-29,31H,5-7,12-13,16,18-20H2,1-4H3,(H,57,63)/t28-,29?,31-/m0/s1. The highest BCUT2D eigenvalue weighted by atomic mass is 35.5. The number of alkyl halides is 8. The van der Waals surface area contributed by atoms with Gasteiger partial charge in [0.2, 0.25) is 21.8 Å². The van der Waals surface area contributed by atoms with Crippen molar-refractivity contribution < 1.29 is 70.3 Å². The lowest BCUT2D eigenvalue weighted by Crippen LogP contribution is -2.42. The zero-order valence-electron chi connectivity index (χ0n) is 37.3. The molecule has 70 heavy (non-hydrogen) atoms. The number of hydrogen-bond donors (Lipinski definition) is 1. The number of amides is 2. The summed E-state index contributed by atoms with van der Waals surface area (Å²) in [6, 6.07) is 5.52. The number of pyridine rings is 1. The molecule has 2 aromatic carbocycles. The fourth-order valence-electron chi connectivity index (χ4n) is 9.06. The van der Waals surface area contributed by atoms with E-state index in [2.05, 4.69) is 15.5 Å². The van der Waals surface area contributed by atoms with Crippen LogP contribution in [-0.2, 0) is 67.5 Å². The van der Waals surface area contributed by atoms with Gasteiger partial charge in [0.05, 0.1) is 38.7 Å². The molecule has 2 amide bonds. The smallest absolute Gasteiger partial charge is 0.346 e. The topological polar surface area (TPSA) is 166 Å². The number of carbonyl (C=O) groups is 2. The van der Waals surface area contributed by atoms with Crippen LogP contribution in [0.2, 0.25) is 5.02 Å². The molecule has 2 saturated carbocycles. The van der Waals surface area contributed by atoms with Crippen LogP contribution in [0.3, 0.4) is 0 Å². The predicted molar refractivity (Wildman–Crippen MR) is 234 cm³/mol. The van der Waals surface area contributed by atoms with E-state index in [9.17, 15) is 61.5 Å². The minimum Gasteiger partial charge on any atom is -0.346 e. The number of halogens is 11. The maximum atomic E-state index is 15.6. The summed E-state index contributed by atoms with van der Waals surface area (Å²) in [5.74, 6) is -12.5. The van der Waals surface area contributed by atoms with Crippen LogP contribution >= 0.6 is 11.6 Å². The van der Waals surface area contributed by atoms with Crippen LogP contribution in [0.1, 0.15) is 91.8 Å². The van der Waals surface area contributed by atoms with E-state index in [-0.39, 0.29) is 74.2 Å². The van der Waals surface area contributed by atoms with Gasteiger partial charge in [-0.1, -0.05) is 30.2 Å². The number of benzene rings is 2. The number of nitrogens with zero attached hydrogens (tertiary/aromatic N) is 6. The number of rotatable bonds is 15. The molecule has 1 unspecified atom stereocenters. The van der Waals surface area contributed by atoms with E-state index in [1.165, 1.54) is 32.0 Å². The summed E-state index contributed by atoms with van der Waals surface area (Å²) in [5.41, 5.74) is -4.85. The number of aryl methyl sites for hydroxylation is 1. The Balaban J connectivity index is 1.34. The second-order valence-corrected chi connectivity index (χ2v) is 23.5. The van der Waals surface area contributed by atoms with Gasteiger partial charge < -0.3 is 5.32 Å². The molecule has 0 radical (unpaired) electrons. The molecule has 0 spiro atoms. The summed E-state index contributed by atoms with van der Waals surface area (Å²) in [7, 11) is -8.33. The van der Waals surface area contributed by atoms with Gasteiger partial charge in [0.1, 0.15) is 30.4 Å². The third-order valence-corrected chi connectivity index (χ3v) is 16.7. The number of sulfone groups is 1. The molecule has 8 rings (SSSR count). The van der Waals surface area contributed by atoms with Gasteiger partial charge in [-0.15, -0.1) is 0 Å². The predicted octanol–water partition coefficient (Wildman–Crippen LogP) is 8.97. The van der Waals surface area contributed by atoms with Gasteiger partial charge in [0, 0.05) is 46.5 Å². The lowest BCUT2D eigenvalue weighted by Gasteiger charge is -2.29. The second kappa shape index (κ2) is 17.5. The third kappa shape index (κ3) is 9.72. The van der Waals surface area contributed by atoms with E-state index in [0.717, 1.165) is 24.5 Å². The fraction of sp³-hybridized carbons (Fsp3) is 0.477. The van der Waals surface area contributed by atoms with Gasteiger partial charge in [-0.3, -0.25) is 23.9 Å². The molecular formula is C44H42ClF10N7O6S2. The number of sulfonamides is 1. The normalized spacial score (nSPS) is 18.6. The first-order valence-electron chi connectivity index (χ1n) is 21.6. The Labute approximate surface area is 398 Å². The Morgan fingerprint density at radius 2 is 1.57 bits per heavy atom. The quantitative estimate of drug-likeness (QED) is 0.101. The highest BCUT2D eigenvalue weighted by molar-refractivity contribution is 7.93. The molecule has 3 atom stereocenters. The minimum atomic E-state index is -5.19. The van der Waals surface area contributed by atoms with E-state index in [1.807, 2.05) is 0 Å². The van der Waals surface area contributed by atoms with Crippen molar-refractivity contribution >= 4 is 60.0 Å². The molecule has 0 saturated heterocycles. The van der Waals surface area contributed by atoms with Crippen LogP contribution in [0, 0.1) is 23.5 Å². The summed E-state index contributed by atoms with van der Waals surface area (Å²) >= 11 is 6.67. The number of fused-ring (bicyclic) bond motifs is 4. The number of anilines is 1. The summed E-state index contributed by atoms with van der Waals surface area (Å²) in [4.78, 5) is 32.7. The van der Waals surface area contributed by atoms with Crippen molar-refractivity contribution in [3.8, 4) is 11.1 Å². The average molecular weight is 1050 g/mol. The lowest BCUT2D eigenvalue weighted by molar-refractivity contribution is -0.143. The van der Waals surface area contributed by atoms with E-state index in [4.69, 9.17) is 16.6 Å². The second-order valence-electron chi connectivity index (χ2n) is 18.6. The molecule has 0 aliphatic heterocycles. The molecule has 3 heterocycles. The molecule has 5 aromatic rings. The van der Waals surface area contributed by atoms with Crippen molar-refractivity contribution in [2.24, 2.45) is 11.8 Å². The van der Waals surface area contributed by atoms with E-state index in [1.54, 1.807) is 0 Å². The third-order valence-electron chi connectivity index (χ3n) is 13.1. The average Bonchev–Trinajstić information content (AvgIpc) is 3.70. The molecule has 0 bridgehead atoms. The van der Waals surface area contributed by atoms with Gasteiger partial charge in [0.15, 0.2) is 21.3 Å². The maximum absolute atomic E-state index is 15.6. The van der Waals surface area contributed by atoms with Crippen molar-refractivity contribution in [1.29, 1.82) is 0 Å². The lowest BCUT2D eigenvalue weighted by atomic mass is 9.85. The van der Waals surface area contributed by atoms with Crippen LogP contribution in [0.5, 0.6) is 0 Å². The SMILES string of the molecule is CC(C)(CCc1ccc(-c2ccc(Cl)c3c(N(C(=O)C4CCC4)S(C)(=O)=O)nn(CC(F)(F)F)c23)c([C@H](Cc2cc(F)cc(F)c2)NC(=O)Cn2nc(C(F)(F)F)c3c2C(F)(F)C2C[C@H]32)n1)S(C)(=O)=O. The van der Waals surface area contributed by atoms with Gasteiger partial charge in [-0.25, -0.2) is 25.6 Å². The van der Waals surface area contributed by atoms with E-state index in [0.29, 0.717) is 23.4 Å². The zero-order chi connectivity index (χ0) is 51.4.